The number of rotatable bonds is 4. The number of nitrogen functional groups attached to an aromatic ring is 1. The topological polar surface area (TPSA) is 56.7 Å². The summed E-state index contributed by atoms with van der Waals surface area (Å²) in [6.07, 6.45) is 7.10. The van der Waals surface area contributed by atoms with Gasteiger partial charge in [0.15, 0.2) is 0 Å². The summed E-state index contributed by atoms with van der Waals surface area (Å²) in [6, 6.07) is 2.37. The van der Waals surface area contributed by atoms with E-state index in [0.717, 1.165) is 17.5 Å². The number of unbranched alkanes of at least 4 members (excludes halogenated alkanes) is 1. The molecule has 0 aliphatic heterocycles. The molecule has 0 aliphatic rings. The molecule has 2 rings (SSSR count). The predicted octanol–water partition coefficient (Wildman–Crippen LogP) is 2.76. The molecule has 1 unspecified atom stereocenters. The molecule has 2 N–H and O–H groups in total. The van der Waals surface area contributed by atoms with Crippen molar-refractivity contribution in [2.75, 3.05) is 5.73 Å². The number of hydrogen-bond donors (Lipinski definition) is 1. The van der Waals surface area contributed by atoms with E-state index in [1.165, 1.54) is 12.8 Å². The van der Waals surface area contributed by atoms with Crippen molar-refractivity contribution in [3.05, 3.63) is 18.5 Å². The fraction of sp³-hybridized carbons (Fsp3) is 0.500. The van der Waals surface area contributed by atoms with Crippen LogP contribution in [0.4, 0.5) is 5.95 Å². The van der Waals surface area contributed by atoms with E-state index in [0.29, 0.717) is 12.0 Å². The van der Waals surface area contributed by atoms with Gasteiger partial charge >= 0.3 is 0 Å². The standard InChI is InChI=1S/C12H18N4/c1-3-4-5-9(2)16-11-6-7-14-8-10(11)15-12(16)13/h6-9H,3-5H2,1-2H3,(H2,13,15). The Hall–Kier alpha value is -1.58. The quantitative estimate of drug-likeness (QED) is 0.858. The van der Waals surface area contributed by atoms with E-state index in [1.807, 2.05) is 6.07 Å². The highest BCUT2D eigenvalue weighted by Crippen LogP contribution is 2.24. The maximum atomic E-state index is 5.95. The van der Waals surface area contributed by atoms with Crippen LogP contribution in [-0.2, 0) is 0 Å². The highest BCUT2D eigenvalue weighted by Gasteiger charge is 2.13. The van der Waals surface area contributed by atoms with Gasteiger partial charge in [0.25, 0.3) is 0 Å². The summed E-state index contributed by atoms with van der Waals surface area (Å²) in [7, 11) is 0. The van der Waals surface area contributed by atoms with Crippen LogP contribution in [0.5, 0.6) is 0 Å². The molecular formula is C12H18N4. The van der Waals surface area contributed by atoms with E-state index >= 15 is 0 Å². The number of nitrogens with zero attached hydrogens (tertiary/aromatic N) is 3. The van der Waals surface area contributed by atoms with E-state index in [-0.39, 0.29) is 0 Å². The van der Waals surface area contributed by atoms with Gasteiger partial charge in [-0.2, -0.15) is 0 Å². The highest BCUT2D eigenvalue weighted by molar-refractivity contribution is 5.77. The summed E-state index contributed by atoms with van der Waals surface area (Å²) in [6.45, 7) is 4.39. The van der Waals surface area contributed by atoms with Crippen molar-refractivity contribution in [1.82, 2.24) is 14.5 Å². The predicted molar refractivity (Wildman–Crippen MR) is 66.2 cm³/mol. The van der Waals surface area contributed by atoms with Crippen LogP contribution in [0.3, 0.4) is 0 Å². The van der Waals surface area contributed by atoms with Crippen LogP contribution >= 0.6 is 0 Å². The fourth-order valence-electron chi connectivity index (χ4n) is 2.06. The van der Waals surface area contributed by atoms with Gasteiger partial charge in [-0.3, -0.25) is 4.98 Å². The molecule has 0 amide bonds. The lowest BCUT2D eigenvalue weighted by molar-refractivity contribution is 0.501. The Labute approximate surface area is 95.5 Å². The number of hydrogen-bond acceptors (Lipinski definition) is 3. The van der Waals surface area contributed by atoms with Crippen LogP contribution in [0.25, 0.3) is 11.0 Å². The third-order valence-electron chi connectivity index (χ3n) is 2.94. The average molecular weight is 218 g/mol. The van der Waals surface area contributed by atoms with Gasteiger partial charge in [-0.1, -0.05) is 19.8 Å². The summed E-state index contributed by atoms with van der Waals surface area (Å²) < 4.78 is 2.10. The first kappa shape index (κ1) is 10.9. The molecule has 0 bridgehead atoms. The molecule has 1 atom stereocenters. The van der Waals surface area contributed by atoms with Gasteiger partial charge in [0, 0.05) is 12.2 Å². The minimum absolute atomic E-state index is 0.396. The van der Waals surface area contributed by atoms with E-state index in [9.17, 15) is 0 Å². The summed E-state index contributed by atoms with van der Waals surface area (Å²) in [5.41, 5.74) is 7.91. The van der Waals surface area contributed by atoms with Crippen molar-refractivity contribution in [3.8, 4) is 0 Å². The first-order valence-corrected chi connectivity index (χ1v) is 5.81. The first-order valence-electron chi connectivity index (χ1n) is 5.81. The van der Waals surface area contributed by atoms with Crippen molar-refractivity contribution in [1.29, 1.82) is 0 Å². The smallest absolute Gasteiger partial charge is 0.201 e. The minimum atomic E-state index is 0.396. The van der Waals surface area contributed by atoms with Gasteiger partial charge in [-0.15, -0.1) is 0 Å². The van der Waals surface area contributed by atoms with Crippen LogP contribution in [0.1, 0.15) is 39.2 Å². The number of fused-ring (bicyclic) bond motifs is 1. The molecule has 0 aliphatic carbocycles. The second kappa shape index (κ2) is 4.51. The second-order valence-electron chi connectivity index (χ2n) is 4.20. The van der Waals surface area contributed by atoms with Gasteiger partial charge in [-0.25, -0.2) is 4.98 Å². The molecule has 0 fully saturated rings. The molecule has 16 heavy (non-hydrogen) atoms. The van der Waals surface area contributed by atoms with Gasteiger partial charge in [-0.05, 0) is 19.4 Å². The Balaban J connectivity index is 2.38. The SMILES string of the molecule is CCCCC(C)n1c(N)nc2cnccc21. The number of imidazole rings is 1. The van der Waals surface area contributed by atoms with Crippen LogP contribution in [-0.4, -0.2) is 14.5 Å². The third kappa shape index (κ3) is 1.87. The molecule has 0 aromatic carbocycles. The molecule has 4 heteroatoms. The number of aromatic nitrogens is 3. The Morgan fingerprint density at radius 2 is 2.31 bits per heavy atom. The molecule has 4 nitrogen and oxygen atoms in total. The van der Waals surface area contributed by atoms with Crippen LogP contribution in [0.15, 0.2) is 18.5 Å². The van der Waals surface area contributed by atoms with E-state index in [2.05, 4.69) is 28.4 Å². The maximum absolute atomic E-state index is 5.95. The second-order valence-corrected chi connectivity index (χ2v) is 4.20. The molecule has 0 radical (unpaired) electrons. The highest BCUT2D eigenvalue weighted by atomic mass is 15.2. The Kier molecular flexibility index (Phi) is 3.08. The van der Waals surface area contributed by atoms with Gasteiger partial charge in [0.05, 0.1) is 11.7 Å². The molecule has 2 aromatic rings. The van der Waals surface area contributed by atoms with Crippen molar-refractivity contribution in [2.24, 2.45) is 0 Å². The normalized spacial score (nSPS) is 13.1. The monoisotopic (exact) mass is 218 g/mol. The van der Waals surface area contributed by atoms with Crippen LogP contribution in [0, 0.1) is 0 Å². The lowest BCUT2D eigenvalue weighted by atomic mass is 10.1. The lowest BCUT2D eigenvalue weighted by Crippen LogP contribution is -2.08. The van der Waals surface area contributed by atoms with E-state index < -0.39 is 0 Å². The zero-order chi connectivity index (χ0) is 11.5. The van der Waals surface area contributed by atoms with Crippen molar-refractivity contribution >= 4 is 17.0 Å². The Morgan fingerprint density at radius 1 is 1.50 bits per heavy atom. The molecule has 2 heterocycles. The number of pyridine rings is 1. The largest absolute Gasteiger partial charge is 0.369 e. The van der Waals surface area contributed by atoms with Crippen molar-refractivity contribution in [3.63, 3.8) is 0 Å². The summed E-state index contributed by atoms with van der Waals surface area (Å²) in [5, 5.41) is 0. The molecule has 0 spiro atoms. The summed E-state index contributed by atoms with van der Waals surface area (Å²) in [5.74, 6) is 0.589. The van der Waals surface area contributed by atoms with E-state index in [4.69, 9.17) is 5.73 Å². The molecular weight excluding hydrogens is 200 g/mol. The Morgan fingerprint density at radius 3 is 3.06 bits per heavy atom. The fourth-order valence-corrected chi connectivity index (χ4v) is 2.06. The number of nitrogens with two attached hydrogens (primary N) is 1. The summed E-state index contributed by atoms with van der Waals surface area (Å²) >= 11 is 0. The van der Waals surface area contributed by atoms with Gasteiger partial charge in [0.1, 0.15) is 5.52 Å². The van der Waals surface area contributed by atoms with Crippen LogP contribution in [0.2, 0.25) is 0 Å². The zero-order valence-corrected chi connectivity index (χ0v) is 9.85. The van der Waals surface area contributed by atoms with E-state index in [1.54, 1.807) is 12.4 Å². The van der Waals surface area contributed by atoms with Gasteiger partial charge in [0.2, 0.25) is 5.95 Å². The first-order chi connectivity index (χ1) is 7.74. The van der Waals surface area contributed by atoms with Gasteiger partial charge < -0.3 is 10.3 Å². The molecule has 0 saturated heterocycles. The lowest BCUT2D eigenvalue weighted by Gasteiger charge is -2.15. The third-order valence-corrected chi connectivity index (χ3v) is 2.94. The average Bonchev–Trinajstić information content (AvgIpc) is 2.62. The maximum Gasteiger partial charge on any atom is 0.201 e. The summed E-state index contributed by atoms with van der Waals surface area (Å²) in [4.78, 5) is 8.38. The van der Waals surface area contributed by atoms with Crippen molar-refractivity contribution < 1.29 is 0 Å². The molecule has 86 valence electrons. The zero-order valence-electron chi connectivity index (χ0n) is 9.85. The van der Waals surface area contributed by atoms with Crippen molar-refractivity contribution in [2.45, 2.75) is 39.2 Å². The minimum Gasteiger partial charge on any atom is -0.369 e. The molecule has 0 saturated carbocycles. The Bertz CT molecular complexity index is 475. The number of anilines is 1. The van der Waals surface area contributed by atoms with Crippen LogP contribution < -0.4 is 5.73 Å². The molecule has 2 aromatic heterocycles.